The van der Waals surface area contributed by atoms with E-state index in [1.807, 2.05) is 32.0 Å². The van der Waals surface area contributed by atoms with Crippen molar-refractivity contribution in [2.75, 3.05) is 20.3 Å². The van der Waals surface area contributed by atoms with E-state index in [0.29, 0.717) is 26.0 Å². The van der Waals surface area contributed by atoms with Crippen molar-refractivity contribution in [1.29, 1.82) is 0 Å². The smallest absolute Gasteiger partial charge is 0.304 e. The van der Waals surface area contributed by atoms with E-state index in [0.717, 1.165) is 12.0 Å². The molecule has 2 aromatic rings. The van der Waals surface area contributed by atoms with Gasteiger partial charge in [-0.3, -0.25) is 14.4 Å². The first-order valence-corrected chi connectivity index (χ1v) is 12.2. The Morgan fingerprint density at radius 3 is 2.34 bits per heavy atom. The van der Waals surface area contributed by atoms with Crippen molar-refractivity contribution in [2.24, 2.45) is 11.8 Å². The van der Waals surface area contributed by atoms with E-state index in [1.54, 1.807) is 7.11 Å². The molecule has 2 rings (SSSR count). The molecule has 35 heavy (non-hydrogen) atoms. The van der Waals surface area contributed by atoms with E-state index in [-0.39, 0.29) is 18.2 Å². The fraction of sp³-hybridized carbons (Fsp3) is 0.464. The lowest BCUT2D eigenvalue weighted by molar-refractivity contribution is -0.141. The minimum Gasteiger partial charge on any atom is -0.481 e. The standard InChI is InChI=1S/C28H38N2O5/c1-19(2)26(28(34)29-15-16-35-4)30-27(33)23(18-25(31)32)12-8-9-21-13-14-24(20(3)17-21)22-10-6-5-7-11-22/h5-7,10-11,13-14,17,19,23,26H,8-9,12,15-16,18H2,1-4H3,(H,29,34)(H,30,33)(H,31,32)/t23-,26+/m1/s1. The van der Waals surface area contributed by atoms with Crippen LogP contribution in [0.4, 0.5) is 0 Å². The summed E-state index contributed by atoms with van der Waals surface area (Å²) < 4.78 is 4.95. The molecule has 0 bridgehead atoms. The summed E-state index contributed by atoms with van der Waals surface area (Å²) in [6.07, 6.45) is 1.56. The Morgan fingerprint density at radius 2 is 1.74 bits per heavy atom. The number of amides is 2. The van der Waals surface area contributed by atoms with E-state index in [1.165, 1.54) is 16.7 Å². The van der Waals surface area contributed by atoms with Crippen LogP contribution in [-0.4, -0.2) is 49.2 Å². The van der Waals surface area contributed by atoms with Gasteiger partial charge in [0.2, 0.25) is 11.8 Å². The number of hydrogen-bond donors (Lipinski definition) is 3. The van der Waals surface area contributed by atoms with E-state index in [4.69, 9.17) is 4.74 Å². The van der Waals surface area contributed by atoms with Crippen molar-refractivity contribution in [3.8, 4) is 11.1 Å². The first-order valence-electron chi connectivity index (χ1n) is 12.2. The summed E-state index contributed by atoms with van der Waals surface area (Å²) >= 11 is 0. The van der Waals surface area contributed by atoms with Gasteiger partial charge in [0.15, 0.2) is 0 Å². The molecule has 0 heterocycles. The molecule has 2 amide bonds. The average Bonchev–Trinajstić information content (AvgIpc) is 2.82. The highest BCUT2D eigenvalue weighted by molar-refractivity contribution is 5.90. The van der Waals surface area contributed by atoms with Crippen molar-refractivity contribution in [3.05, 3.63) is 59.7 Å². The van der Waals surface area contributed by atoms with Crippen LogP contribution in [0.15, 0.2) is 48.5 Å². The Hall–Kier alpha value is -3.19. The molecule has 190 valence electrons. The predicted octanol–water partition coefficient (Wildman–Crippen LogP) is 3.98. The molecule has 0 saturated heterocycles. The number of carbonyl (C=O) groups excluding carboxylic acids is 2. The quantitative estimate of drug-likeness (QED) is 0.353. The molecule has 2 aromatic carbocycles. The largest absolute Gasteiger partial charge is 0.481 e. The van der Waals surface area contributed by atoms with Crippen LogP contribution >= 0.6 is 0 Å². The second-order valence-corrected chi connectivity index (χ2v) is 9.22. The van der Waals surface area contributed by atoms with Gasteiger partial charge in [0.05, 0.1) is 13.0 Å². The van der Waals surface area contributed by atoms with Gasteiger partial charge in [-0.05, 0) is 54.4 Å². The van der Waals surface area contributed by atoms with Crippen molar-refractivity contribution < 1.29 is 24.2 Å². The number of nitrogens with one attached hydrogen (secondary N) is 2. The molecule has 7 heteroatoms. The maximum atomic E-state index is 12.9. The number of carboxylic acid groups (broad SMARTS) is 1. The molecule has 0 aromatic heterocycles. The molecule has 2 atom stereocenters. The molecule has 0 radical (unpaired) electrons. The lowest BCUT2D eigenvalue weighted by Gasteiger charge is -2.24. The number of ether oxygens (including phenoxy) is 1. The molecular formula is C28H38N2O5. The van der Waals surface area contributed by atoms with Crippen LogP contribution in [0.1, 0.15) is 44.2 Å². The molecule has 0 saturated carbocycles. The van der Waals surface area contributed by atoms with Crippen LogP contribution in [0.5, 0.6) is 0 Å². The van der Waals surface area contributed by atoms with Crippen molar-refractivity contribution >= 4 is 17.8 Å². The molecule has 0 spiro atoms. The molecule has 7 nitrogen and oxygen atoms in total. The van der Waals surface area contributed by atoms with Gasteiger partial charge in [-0.2, -0.15) is 0 Å². The van der Waals surface area contributed by atoms with Gasteiger partial charge in [0.25, 0.3) is 0 Å². The van der Waals surface area contributed by atoms with E-state index in [2.05, 4.69) is 47.9 Å². The highest BCUT2D eigenvalue weighted by atomic mass is 16.5. The zero-order chi connectivity index (χ0) is 25.8. The summed E-state index contributed by atoms with van der Waals surface area (Å²) in [5.74, 6) is -2.57. The molecular weight excluding hydrogens is 444 g/mol. The summed E-state index contributed by atoms with van der Waals surface area (Å²) in [5, 5.41) is 14.9. The normalized spacial score (nSPS) is 12.7. The number of carbonyl (C=O) groups is 3. The van der Waals surface area contributed by atoms with E-state index >= 15 is 0 Å². The number of hydrogen-bond acceptors (Lipinski definition) is 4. The number of benzene rings is 2. The van der Waals surface area contributed by atoms with Crippen LogP contribution in [0.3, 0.4) is 0 Å². The first kappa shape index (κ1) is 28.1. The van der Waals surface area contributed by atoms with Crippen LogP contribution in [0.2, 0.25) is 0 Å². The van der Waals surface area contributed by atoms with Crippen molar-refractivity contribution in [3.63, 3.8) is 0 Å². The van der Waals surface area contributed by atoms with Gasteiger partial charge in [0.1, 0.15) is 6.04 Å². The molecule has 0 aliphatic heterocycles. The third kappa shape index (κ3) is 9.17. The van der Waals surface area contributed by atoms with Crippen LogP contribution in [0.25, 0.3) is 11.1 Å². The summed E-state index contributed by atoms with van der Waals surface area (Å²) in [5.41, 5.74) is 4.67. The van der Waals surface area contributed by atoms with Crippen molar-refractivity contribution in [1.82, 2.24) is 10.6 Å². The highest BCUT2D eigenvalue weighted by Crippen LogP contribution is 2.25. The Morgan fingerprint density at radius 1 is 1.03 bits per heavy atom. The lowest BCUT2D eigenvalue weighted by Crippen LogP contribution is -2.51. The van der Waals surface area contributed by atoms with Gasteiger partial charge in [-0.25, -0.2) is 0 Å². The Kier molecular flexibility index (Phi) is 11.4. The minimum absolute atomic E-state index is 0.141. The lowest BCUT2D eigenvalue weighted by atomic mass is 9.93. The minimum atomic E-state index is -1.03. The monoisotopic (exact) mass is 482 g/mol. The van der Waals surface area contributed by atoms with Crippen LogP contribution < -0.4 is 10.6 Å². The molecule has 0 aliphatic rings. The average molecular weight is 483 g/mol. The number of carboxylic acids is 1. The number of aryl methyl sites for hydroxylation is 2. The summed E-state index contributed by atoms with van der Waals surface area (Å²) in [7, 11) is 1.54. The zero-order valence-electron chi connectivity index (χ0n) is 21.2. The number of aliphatic carboxylic acids is 1. The first-order chi connectivity index (χ1) is 16.7. The number of rotatable bonds is 14. The fourth-order valence-electron chi connectivity index (χ4n) is 4.10. The highest BCUT2D eigenvalue weighted by Gasteiger charge is 2.28. The van der Waals surface area contributed by atoms with Gasteiger partial charge in [0, 0.05) is 19.6 Å². The van der Waals surface area contributed by atoms with Gasteiger partial charge in [-0.1, -0.05) is 62.4 Å². The molecule has 3 N–H and O–H groups in total. The Balaban J connectivity index is 1.99. The summed E-state index contributed by atoms with van der Waals surface area (Å²) in [4.78, 5) is 36.9. The number of methoxy groups -OCH3 is 1. The predicted molar refractivity (Wildman–Crippen MR) is 137 cm³/mol. The van der Waals surface area contributed by atoms with Crippen LogP contribution in [0, 0.1) is 18.8 Å². The second-order valence-electron chi connectivity index (χ2n) is 9.22. The third-order valence-corrected chi connectivity index (χ3v) is 6.04. The maximum absolute atomic E-state index is 12.9. The van der Waals surface area contributed by atoms with E-state index in [9.17, 15) is 19.5 Å². The van der Waals surface area contributed by atoms with Crippen molar-refractivity contribution in [2.45, 2.75) is 52.5 Å². The summed E-state index contributed by atoms with van der Waals surface area (Å²) in [6, 6.07) is 15.8. The zero-order valence-corrected chi connectivity index (χ0v) is 21.2. The van der Waals surface area contributed by atoms with Gasteiger partial charge >= 0.3 is 5.97 Å². The topological polar surface area (TPSA) is 105 Å². The fourth-order valence-corrected chi connectivity index (χ4v) is 4.10. The third-order valence-electron chi connectivity index (χ3n) is 6.04. The van der Waals surface area contributed by atoms with Gasteiger partial charge in [-0.15, -0.1) is 0 Å². The maximum Gasteiger partial charge on any atom is 0.304 e. The second kappa shape index (κ2) is 14.3. The SMILES string of the molecule is COCCNC(=O)[C@@H](NC(=O)[C@H](CCCc1ccc(-c2ccccc2)c(C)c1)CC(=O)O)C(C)C. The molecule has 0 fully saturated rings. The van der Waals surface area contributed by atoms with E-state index < -0.39 is 23.8 Å². The summed E-state index contributed by atoms with van der Waals surface area (Å²) in [6.45, 7) is 6.48. The Bertz CT molecular complexity index is 975. The van der Waals surface area contributed by atoms with Gasteiger partial charge < -0.3 is 20.5 Å². The van der Waals surface area contributed by atoms with Crippen LogP contribution in [-0.2, 0) is 25.5 Å². The molecule has 0 unspecified atom stereocenters. The molecule has 0 aliphatic carbocycles. The Labute approximate surface area is 208 Å².